The molecule has 3 aromatic carbocycles. The number of benzene rings is 3. The zero-order chi connectivity index (χ0) is 30.2. The summed E-state index contributed by atoms with van der Waals surface area (Å²) >= 11 is 5.70. The van der Waals surface area contributed by atoms with Gasteiger partial charge in [0.25, 0.3) is 5.91 Å². The number of methoxy groups -OCH3 is 2. The fraction of sp³-hybridized carbons (Fsp3) is 0.200. The van der Waals surface area contributed by atoms with Crippen LogP contribution in [0.5, 0.6) is 17.2 Å². The number of ether oxygens (including phenoxy) is 3. The van der Waals surface area contributed by atoms with Crippen LogP contribution in [0.2, 0.25) is 0 Å². The normalized spacial score (nSPS) is 19.0. The number of thiazole rings is 1. The highest BCUT2D eigenvalue weighted by Crippen LogP contribution is 2.54. The molecule has 0 spiro atoms. The summed E-state index contributed by atoms with van der Waals surface area (Å²) in [6, 6.07) is 18.9. The number of aromatic amines is 1. The quantitative estimate of drug-likeness (QED) is 0.248. The van der Waals surface area contributed by atoms with Crippen LogP contribution in [-0.2, 0) is 14.4 Å². The molecule has 2 aliphatic rings. The number of anilines is 2. The van der Waals surface area contributed by atoms with Crippen molar-refractivity contribution in [1.82, 2.24) is 4.98 Å². The lowest BCUT2D eigenvalue weighted by molar-refractivity contribution is -0.122. The lowest BCUT2D eigenvalue weighted by atomic mass is 9.82. The molecule has 2 aliphatic heterocycles. The number of H-pyrrole nitrogens is 1. The molecule has 0 radical (unpaired) electrons. The molecule has 1 aromatic heterocycles. The van der Waals surface area contributed by atoms with E-state index in [0.717, 1.165) is 11.3 Å². The predicted octanol–water partition coefficient (Wildman–Crippen LogP) is 5.03. The Labute approximate surface area is 262 Å². The number of nitrogens with zero attached hydrogens (tertiary/aromatic N) is 1. The van der Waals surface area contributed by atoms with Crippen LogP contribution in [0.15, 0.2) is 81.0 Å². The topological polar surface area (TPSA) is 127 Å². The van der Waals surface area contributed by atoms with Crippen molar-refractivity contribution in [3.63, 3.8) is 0 Å². The molecule has 1 fully saturated rings. The number of carbonyl (C=O) groups is 3. The molecular formula is C30H24BrN3O7S2. The highest BCUT2D eigenvalue weighted by atomic mass is 79.9. The summed E-state index contributed by atoms with van der Waals surface area (Å²) in [6.07, 6.45) is 0. The molecular weight excluding hydrogens is 658 g/mol. The lowest BCUT2D eigenvalue weighted by Gasteiger charge is -2.31. The van der Waals surface area contributed by atoms with Crippen molar-refractivity contribution < 1.29 is 28.6 Å². The summed E-state index contributed by atoms with van der Waals surface area (Å²) < 4.78 is 17.1. The van der Waals surface area contributed by atoms with Crippen LogP contribution in [-0.4, -0.2) is 48.8 Å². The first kappa shape index (κ1) is 29.0. The van der Waals surface area contributed by atoms with Gasteiger partial charge in [0.2, 0.25) is 11.8 Å². The monoisotopic (exact) mass is 681 g/mol. The average molecular weight is 683 g/mol. The second-order valence-electron chi connectivity index (χ2n) is 9.71. The summed E-state index contributed by atoms with van der Waals surface area (Å²) in [5.74, 6) is -1.02. The minimum absolute atomic E-state index is 0.286. The molecule has 3 unspecified atom stereocenters. The Morgan fingerprint density at radius 1 is 0.953 bits per heavy atom. The largest absolute Gasteiger partial charge is 0.497 e. The third-order valence-corrected chi connectivity index (χ3v) is 10.1. The second kappa shape index (κ2) is 11.9. The van der Waals surface area contributed by atoms with Gasteiger partial charge in [0.1, 0.15) is 22.5 Å². The van der Waals surface area contributed by atoms with E-state index in [0.29, 0.717) is 48.6 Å². The van der Waals surface area contributed by atoms with Crippen LogP contribution in [0.25, 0.3) is 0 Å². The van der Waals surface area contributed by atoms with Crippen molar-refractivity contribution in [3.05, 3.63) is 91.3 Å². The third kappa shape index (κ3) is 5.55. The van der Waals surface area contributed by atoms with E-state index < -0.39 is 17.1 Å². The molecule has 220 valence electrons. The van der Waals surface area contributed by atoms with E-state index in [9.17, 15) is 19.2 Å². The molecule has 0 saturated carbocycles. The number of aromatic nitrogens is 1. The minimum atomic E-state index is -0.816. The zero-order valence-electron chi connectivity index (χ0n) is 22.8. The molecule has 10 nitrogen and oxygen atoms in total. The Balaban J connectivity index is 1.33. The molecule has 1 saturated heterocycles. The Morgan fingerprint density at radius 2 is 1.63 bits per heavy atom. The van der Waals surface area contributed by atoms with E-state index in [1.807, 2.05) is 0 Å². The molecule has 0 aliphatic carbocycles. The summed E-state index contributed by atoms with van der Waals surface area (Å²) in [7, 11) is 3.10. The van der Waals surface area contributed by atoms with Gasteiger partial charge in [0, 0.05) is 26.5 Å². The smallest absolute Gasteiger partial charge is 0.305 e. The van der Waals surface area contributed by atoms with E-state index in [-0.39, 0.29) is 29.2 Å². The van der Waals surface area contributed by atoms with E-state index >= 15 is 0 Å². The van der Waals surface area contributed by atoms with Crippen LogP contribution < -0.4 is 29.3 Å². The molecule has 3 heterocycles. The number of rotatable bonds is 8. The summed E-state index contributed by atoms with van der Waals surface area (Å²) in [5.41, 5.74) is 1.59. The van der Waals surface area contributed by atoms with E-state index in [1.165, 1.54) is 23.8 Å². The predicted molar refractivity (Wildman–Crippen MR) is 167 cm³/mol. The first-order valence-electron chi connectivity index (χ1n) is 13.0. The fourth-order valence-electron chi connectivity index (χ4n) is 5.25. The molecule has 43 heavy (non-hydrogen) atoms. The number of hydrogen-bond donors (Lipinski definition) is 2. The Morgan fingerprint density at radius 3 is 2.30 bits per heavy atom. The van der Waals surface area contributed by atoms with Gasteiger partial charge >= 0.3 is 4.87 Å². The van der Waals surface area contributed by atoms with E-state index in [4.69, 9.17) is 14.2 Å². The van der Waals surface area contributed by atoms with Gasteiger partial charge in [-0.3, -0.25) is 19.2 Å². The molecule has 2 N–H and O–H groups in total. The highest BCUT2D eigenvalue weighted by molar-refractivity contribution is 9.10. The van der Waals surface area contributed by atoms with Gasteiger partial charge in [0.05, 0.1) is 30.9 Å². The van der Waals surface area contributed by atoms with Crippen molar-refractivity contribution in [2.45, 2.75) is 16.2 Å². The van der Waals surface area contributed by atoms with Crippen molar-refractivity contribution in [2.75, 3.05) is 31.0 Å². The van der Waals surface area contributed by atoms with Gasteiger partial charge in [-0.05, 0) is 66.7 Å². The Bertz CT molecular complexity index is 1770. The molecule has 3 amide bonds. The number of imide groups is 1. The molecule has 13 heteroatoms. The van der Waals surface area contributed by atoms with Crippen LogP contribution in [0.4, 0.5) is 11.4 Å². The van der Waals surface area contributed by atoms with Crippen molar-refractivity contribution in [1.29, 1.82) is 0 Å². The number of carbonyl (C=O) groups excluding carboxylic acids is 3. The molecule has 0 bridgehead atoms. The number of amides is 3. The summed E-state index contributed by atoms with van der Waals surface area (Å²) in [6.45, 7) is -0.308. The second-order valence-corrected chi connectivity index (χ2v) is 12.8. The standard InChI is InChI=1S/C30H24BrN3O7S2/c1-39-18-8-4-16(5-9-18)32-22(35)14-41-21-12-3-15(31)13-20(21)23-24-26(42-27-25(23)43-30(38)33-27)29(37)34(28(24)36)17-6-10-19(40-2)11-7-17/h3-13,23-24,26H,14H2,1-2H3,(H,32,35)(H,33,38). The highest BCUT2D eigenvalue weighted by Gasteiger charge is 2.56. The first-order chi connectivity index (χ1) is 20.8. The van der Waals surface area contributed by atoms with Gasteiger partial charge in [-0.2, -0.15) is 0 Å². The third-order valence-electron chi connectivity index (χ3n) is 7.19. The minimum Gasteiger partial charge on any atom is -0.497 e. The van der Waals surface area contributed by atoms with Gasteiger partial charge in [-0.1, -0.05) is 39.0 Å². The van der Waals surface area contributed by atoms with Crippen LogP contribution >= 0.6 is 39.0 Å². The van der Waals surface area contributed by atoms with Crippen molar-refractivity contribution in [2.24, 2.45) is 5.92 Å². The molecule has 3 atom stereocenters. The van der Waals surface area contributed by atoms with E-state index in [2.05, 4.69) is 26.2 Å². The zero-order valence-corrected chi connectivity index (χ0v) is 26.0. The van der Waals surface area contributed by atoms with Crippen LogP contribution in [0, 0.1) is 5.92 Å². The van der Waals surface area contributed by atoms with Crippen molar-refractivity contribution >= 4 is 68.1 Å². The fourth-order valence-corrected chi connectivity index (χ4v) is 8.13. The maximum Gasteiger partial charge on any atom is 0.305 e. The summed E-state index contributed by atoms with van der Waals surface area (Å²) in [4.78, 5) is 57.5. The van der Waals surface area contributed by atoms with Gasteiger partial charge in [0.15, 0.2) is 6.61 Å². The lowest BCUT2D eigenvalue weighted by Crippen LogP contribution is -2.32. The number of hydrogen-bond acceptors (Lipinski definition) is 9. The maximum atomic E-state index is 14.1. The number of halogens is 1. The maximum absolute atomic E-state index is 14.1. The Kier molecular flexibility index (Phi) is 8.03. The first-order valence-corrected chi connectivity index (χ1v) is 15.5. The van der Waals surface area contributed by atoms with Gasteiger partial charge < -0.3 is 24.5 Å². The summed E-state index contributed by atoms with van der Waals surface area (Å²) in [5, 5.41) is 2.55. The Hall–Kier alpha value is -4.07. The number of thioether (sulfide) groups is 1. The van der Waals surface area contributed by atoms with Crippen LogP contribution in [0.1, 0.15) is 16.4 Å². The van der Waals surface area contributed by atoms with E-state index in [1.54, 1.807) is 73.8 Å². The number of fused-ring (bicyclic) bond motifs is 2. The van der Waals surface area contributed by atoms with Gasteiger partial charge in [-0.15, -0.1) is 0 Å². The van der Waals surface area contributed by atoms with Crippen molar-refractivity contribution in [3.8, 4) is 17.2 Å². The average Bonchev–Trinajstić information content (AvgIpc) is 3.50. The molecule has 6 rings (SSSR count). The van der Waals surface area contributed by atoms with Crippen LogP contribution in [0.3, 0.4) is 0 Å². The SMILES string of the molecule is COc1ccc(NC(=O)COc2ccc(Br)cc2C2c3sc(=O)[nH]c3SC3C(=O)N(c4ccc(OC)cc4)C(=O)C32)cc1. The molecule has 4 aromatic rings. The number of nitrogens with one attached hydrogen (secondary N) is 2. The van der Waals surface area contributed by atoms with Gasteiger partial charge in [-0.25, -0.2) is 4.90 Å².